The molecular weight excluding hydrogens is 417 g/mol. The van der Waals surface area contributed by atoms with Gasteiger partial charge in [-0.3, -0.25) is 14.9 Å². The molecule has 0 atom stereocenters. The van der Waals surface area contributed by atoms with Gasteiger partial charge in [-0.2, -0.15) is 13.2 Å². The highest BCUT2D eigenvalue weighted by Crippen LogP contribution is 2.38. The zero-order valence-corrected chi connectivity index (χ0v) is 15.3. The molecule has 1 saturated heterocycles. The minimum absolute atomic E-state index is 0.184. The van der Waals surface area contributed by atoms with Crippen LogP contribution in [0.15, 0.2) is 47.4 Å². The maximum Gasteiger partial charge on any atom is 0.416 e. The maximum atomic E-state index is 12.7. The van der Waals surface area contributed by atoms with Gasteiger partial charge in [-0.25, -0.2) is 0 Å². The minimum atomic E-state index is -4.70. The van der Waals surface area contributed by atoms with Crippen molar-refractivity contribution >= 4 is 46.0 Å². The van der Waals surface area contributed by atoms with E-state index in [0.29, 0.717) is 26.9 Å². The van der Waals surface area contributed by atoms with E-state index in [2.05, 4.69) is 5.32 Å². The van der Waals surface area contributed by atoms with Crippen molar-refractivity contribution < 1.29 is 27.6 Å². The number of hydrogen-bond acceptors (Lipinski definition) is 6. The molecule has 6 nitrogen and oxygen atoms in total. The van der Waals surface area contributed by atoms with E-state index in [0.717, 1.165) is 17.8 Å². The van der Waals surface area contributed by atoms with Crippen LogP contribution in [0.25, 0.3) is 6.08 Å². The molecule has 0 aromatic heterocycles. The van der Waals surface area contributed by atoms with Crippen molar-refractivity contribution in [3.05, 3.63) is 68.6 Å². The number of alkyl halides is 3. The van der Waals surface area contributed by atoms with Gasteiger partial charge in [0.2, 0.25) is 5.75 Å². The Bertz CT molecular complexity index is 1000. The Hall–Kier alpha value is -2.92. The topological polar surface area (TPSA) is 81.5 Å². The standard InChI is InChI=1S/C17H9F3N2O4S2/c18-17(19,20)10-3-6-13(12(8-10)22(24)25)26-11-4-1-9(2-5-11)7-14-15(23)21-16(27)28-14/h1-8H,(H,21,23,27)/b14-7-. The zero-order valence-electron chi connectivity index (χ0n) is 13.6. The molecule has 1 heterocycles. The number of nitro benzene ring substituents is 1. The molecule has 0 unspecified atom stereocenters. The third kappa shape index (κ3) is 4.49. The molecule has 1 aliphatic rings. The van der Waals surface area contributed by atoms with Gasteiger partial charge in [-0.05, 0) is 35.9 Å². The summed E-state index contributed by atoms with van der Waals surface area (Å²) in [5.41, 5.74) is -1.29. The number of ether oxygens (including phenoxy) is 1. The van der Waals surface area contributed by atoms with Crippen molar-refractivity contribution in [1.82, 2.24) is 5.32 Å². The van der Waals surface area contributed by atoms with Gasteiger partial charge in [0, 0.05) is 6.07 Å². The summed E-state index contributed by atoms with van der Waals surface area (Å²) in [6.07, 6.45) is -3.10. The van der Waals surface area contributed by atoms with Gasteiger partial charge in [-0.15, -0.1) is 0 Å². The van der Waals surface area contributed by atoms with Gasteiger partial charge in [0.1, 0.15) is 10.1 Å². The molecule has 3 rings (SSSR count). The number of carbonyl (C=O) groups is 1. The average molecular weight is 426 g/mol. The van der Waals surface area contributed by atoms with Crippen LogP contribution in [-0.2, 0) is 11.0 Å². The summed E-state index contributed by atoms with van der Waals surface area (Å²) in [5.74, 6) is -0.444. The summed E-state index contributed by atoms with van der Waals surface area (Å²) in [4.78, 5) is 22.2. The first-order valence-corrected chi connectivity index (χ1v) is 8.74. The average Bonchev–Trinajstić information content (AvgIpc) is 2.93. The Morgan fingerprint density at radius 2 is 1.86 bits per heavy atom. The normalized spacial score (nSPS) is 15.6. The number of nitro groups is 1. The molecule has 1 N–H and O–H groups in total. The SMILES string of the molecule is O=C1NC(=S)S/C1=C\c1ccc(Oc2ccc(C(F)(F)F)cc2[N+](=O)[O-])cc1. The number of nitrogens with one attached hydrogen (secondary N) is 1. The summed E-state index contributed by atoms with van der Waals surface area (Å²) in [6, 6.07) is 8.17. The number of thiocarbonyl (C=S) groups is 1. The van der Waals surface area contributed by atoms with Gasteiger partial charge in [0.05, 0.1) is 15.4 Å². The molecule has 0 aliphatic carbocycles. The van der Waals surface area contributed by atoms with Crippen LogP contribution in [0.5, 0.6) is 11.5 Å². The lowest BCUT2D eigenvalue weighted by Crippen LogP contribution is -2.17. The second-order valence-corrected chi connectivity index (χ2v) is 7.18. The molecule has 2 aromatic rings. The Labute approximate surface area is 165 Å². The predicted molar refractivity (Wildman–Crippen MR) is 101 cm³/mol. The highest BCUT2D eigenvalue weighted by Gasteiger charge is 2.33. The smallest absolute Gasteiger partial charge is 0.416 e. The van der Waals surface area contributed by atoms with E-state index in [1.807, 2.05) is 0 Å². The van der Waals surface area contributed by atoms with Crippen LogP contribution >= 0.6 is 24.0 Å². The minimum Gasteiger partial charge on any atom is -0.450 e. The Morgan fingerprint density at radius 3 is 2.39 bits per heavy atom. The van der Waals surface area contributed by atoms with Crippen LogP contribution in [-0.4, -0.2) is 15.2 Å². The van der Waals surface area contributed by atoms with Crippen LogP contribution in [0.4, 0.5) is 18.9 Å². The first-order valence-electron chi connectivity index (χ1n) is 7.52. The first-order chi connectivity index (χ1) is 13.1. The fraction of sp³-hybridized carbons (Fsp3) is 0.0588. The number of thioether (sulfide) groups is 1. The fourth-order valence-electron chi connectivity index (χ4n) is 2.25. The number of carbonyl (C=O) groups excluding carboxylic acids is 1. The van der Waals surface area contributed by atoms with Crippen molar-refractivity contribution in [2.45, 2.75) is 6.18 Å². The van der Waals surface area contributed by atoms with E-state index in [-0.39, 0.29) is 17.4 Å². The zero-order chi connectivity index (χ0) is 20.5. The Kier molecular flexibility index (Phi) is 5.38. The lowest BCUT2D eigenvalue weighted by molar-refractivity contribution is -0.385. The third-order valence-corrected chi connectivity index (χ3v) is 4.69. The Balaban J connectivity index is 1.83. The summed E-state index contributed by atoms with van der Waals surface area (Å²) < 4.78 is 44.0. The van der Waals surface area contributed by atoms with Crippen LogP contribution < -0.4 is 10.1 Å². The quantitative estimate of drug-likeness (QED) is 0.324. The van der Waals surface area contributed by atoms with E-state index >= 15 is 0 Å². The third-order valence-electron chi connectivity index (χ3n) is 3.53. The summed E-state index contributed by atoms with van der Waals surface area (Å²) in [7, 11) is 0. The molecule has 2 aromatic carbocycles. The van der Waals surface area contributed by atoms with Gasteiger partial charge in [0.25, 0.3) is 5.91 Å². The molecule has 0 bridgehead atoms. The second-order valence-electron chi connectivity index (χ2n) is 5.46. The van der Waals surface area contributed by atoms with Crippen LogP contribution in [0.3, 0.4) is 0 Å². The highest BCUT2D eigenvalue weighted by atomic mass is 32.2. The molecule has 0 spiro atoms. The van der Waals surface area contributed by atoms with Crippen molar-refractivity contribution in [2.24, 2.45) is 0 Å². The van der Waals surface area contributed by atoms with Gasteiger partial charge >= 0.3 is 11.9 Å². The summed E-state index contributed by atoms with van der Waals surface area (Å²) in [5, 5.41) is 13.6. The lowest BCUT2D eigenvalue weighted by atomic mass is 10.1. The van der Waals surface area contributed by atoms with E-state index in [9.17, 15) is 28.1 Å². The summed E-state index contributed by atoms with van der Waals surface area (Å²) >= 11 is 6.01. The largest absolute Gasteiger partial charge is 0.450 e. The molecule has 1 aliphatic heterocycles. The number of rotatable bonds is 4. The fourth-order valence-corrected chi connectivity index (χ4v) is 3.30. The van der Waals surface area contributed by atoms with Crippen LogP contribution in [0, 0.1) is 10.1 Å². The predicted octanol–water partition coefficient (Wildman–Crippen LogP) is 4.89. The van der Waals surface area contributed by atoms with Gasteiger partial charge in [-0.1, -0.05) is 36.1 Å². The lowest BCUT2D eigenvalue weighted by Gasteiger charge is -2.10. The summed E-state index contributed by atoms with van der Waals surface area (Å²) in [6.45, 7) is 0. The van der Waals surface area contributed by atoms with Crippen LogP contribution in [0.2, 0.25) is 0 Å². The van der Waals surface area contributed by atoms with Crippen molar-refractivity contribution in [3.8, 4) is 11.5 Å². The van der Waals surface area contributed by atoms with Crippen molar-refractivity contribution in [1.29, 1.82) is 0 Å². The number of halogens is 3. The molecular formula is C17H9F3N2O4S2. The molecule has 1 fully saturated rings. The van der Waals surface area contributed by atoms with E-state index in [1.165, 1.54) is 12.1 Å². The first kappa shape index (κ1) is 19.8. The number of hydrogen-bond donors (Lipinski definition) is 1. The molecule has 144 valence electrons. The van der Waals surface area contributed by atoms with Gasteiger partial charge in [0.15, 0.2) is 0 Å². The van der Waals surface area contributed by atoms with E-state index in [1.54, 1.807) is 18.2 Å². The Morgan fingerprint density at radius 1 is 1.18 bits per heavy atom. The second kappa shape index (κ2) is 7.60. The molecule has 11 heteroatoms. The van der Waals surface area contributed by atoms with Crippen molar-refractivity contribution in [3.63, 3.8) is 0 Å². The van der Waals surface area contributed by atoms with Crippen LogP contribution in [0.1, 0.15) is 11.1 Å². The van der Waals surface area contributed by atoms with Gasteiger partial charge < -0.3 is 10.1 Å². The number of benzene rings is 2. The van der Waals surface area contributed by atoms with Crippen molar-refractivity contribution in [2.75, 3.05) is 0 Å². The maximum absolute atomic E-state index is 12.7. The molecule has 0 radical (unpaired) electrons. The van der Waals surface area contributed by atoms with E-state index in [4.69, 9.17) is 17.0 Å². The van der Waals surface area contributed by atoms with E-state index < -0.39 is 22.4 Å². The number of nitrogens with zero attached hydrogens (tertiary/aromatic N) is 1. The number of amides is 1. The molecule has 0 saturated carbocycles. The molecule has 28 heavy (non-hydrogen) atoms. The monoisotopic (exact) mass is 426 g/mol. The highest BCUT2D eigenvalue weighted by molar-refractivity contribution is 8.26. The molecule has 1 amide bonds.